The molecule has 0 aliphatic carbocycles. The van der Waals surface area contributed by atoms with Crippen LogP contribution in [0, 0.1) is 11.3 Å². The molecule has 12 heteroatoms. The smallest absolute Gasteiger partial charge is 0.275 e. The van der Waals surface area contributed by atoms with Crippen molar-refractivity contribution in [1.82, 2.24) is 25.1 Å². The number of carbonyl (C=O) groups is 2. The van der Waals surface area contributed by atoms with Crippen molar-refractivity contribution in [2.24, 2.45) is 0 Å². The Balaban J connectivity index is 1.60. The fourth-order valence-corrected chi connectivity index (χ4v) is 2.76. The van der Waals surface area contributed by atoms with Gasteiger partial charge in [0.2, 0.25) is 17.5 Å². The van der Waals surface area contributed by atoms with E-state index in [1.165, 1.54) is 24.3 Å². The Morgan fingerprint density at radius 3 is 3.07 bits per heavy atom. The molecular weight excluding hydrogens is 380 g/mol. The largest absolute Gasteiger partial charge is 0.375 e. The number of nitrogens with one attached hydrogen (secondary N) is 2. The van der Waals surface area contributed by atoms with Crippen molar-refractivity contribution in [3.63, 3.8) is 0 Å². The highest BCUT2D eigenvalue weighted by molar-refractivity contribution is 6.03. The minimum Gasteiger partial charge on any atom is -0.375 e. The molecule has 1 atom stereocenters. The van der Waals surface area contributed by atoms with E-state index in [-0.39, 0.29) is 37.2 Å². The zero-order valence-corrected chi connectivity index (χ0v) is 15.7. The lowest BCUT2D eigenvalue weighted by molar-refractivity contribution is -0.128. The number of amides is 2. The summed E-state index contributed by atoms with van der Waals surface area (Å²) in [4.78, 5) is 33.2. The molecule has 2 aromatic rings. The zero-order valence-electron chi connectivity index (χ0n) is 15.7. The van der Waals surface area contributed by atoms with Gasteiger partial charge in [-0.1, -0.05) is 0 Å². The molecule has 2 aromatic heterocycles. The van der Waals surface area contributed by atoms with Crippen LogP contribution in [0.4, 0.5) is 17.5 Å². The lowest BCUT2D eigenvalue weighted by Crippen LogP contribution is -2.39. The van der Waals surface area contributed by atoms with Gasteiger partial charge in [0, 0.05) is 39.0 Å². The van der Waals surface area contributed by atoms with Crippen LogP contribution >= 0.6 is 0 Å². The number of nitriles is 1. The number of aliphatic hydroxyl groups is 1. The number of anilines is 3. The van der Waals surface area contributed by atoms with Crippen LogP contribution in [0.2, 0.25) is 0 Å². The average Bonchev–Trinajstić information content (AvgIpc) is 3.27. The van der Waals surface area contributed by atoms with Crippen LogP contribution in [0.5, 0.6) is 0 Å². The van der Waals surface area contributed by atoms with Gasteiger partial charge in [0.15, 0.2) is 0 Å². The van der Waals surface area contributed by atoms with Crippen LogP contribution in [0.3, 0.4) is 0 Å². The number of hydrogen-bond acceptors (Lipinski definition) is 9. The van der Waals surface area contributed by atoms with Gasteiger partial charge in [-0.3, -0.25) is 19.2 Å². The maximum Gasteiger partial charge on any atom is 0.275 e. The first kappa shape index (κ1) is 20.2. The van der Waals surface area contributed by atoms with E-state index in [1.807, 2.05) is 0 Å². The summed E-state index contributed by atoms with van der Waals surface area (Å²) in [6.45, 7) is 1.05. The number of aromatic nitrogens is 4. The summed E-state index contributed by atoms with van der Waals surface area (Å²) in [5.41, 5.74) is -1.40. The van der Waals surface area contributed by atoms with Gasteiger partial charge >= 0.3 is 0 Å². The highest BCUT2D eigenvalue weighted by Gasteiger charge is 2.46. The Hall–Kier alpha value is -3.56. The van der Waals surface area contributed by atoms with E-state index in [1.54, 1.807) is 23.1 Å². The summed E-state index contributed by atoms with van der Waals surface area (Å²) in [6, 6.07) is 3.16. The van der Waals surface area contributed by atoms with Gasteiger partial charge < -0.3 is 20.5 Å². The summed E-state index contributed by atoms with van der Waals surface area (Å²) in [5, 5.41) is 28.8. The van der Waals surface area contributed by atoms with E-state index in [0.717, 1.165) is 0 Å². The topological polar surface area (TPSA) is 158 Å². The van der Waals surface area contributed by atoms with Gasteiger partial charge in [-0.2, -0.15) is 15.3 Å². The molecule has 0 radical (unpaired) electrons. The van der Waals surface area contributed by atoms with Gasteiger partial charge in [0.05, 0.1) is 18.4 Å². The molecule has 29 heavy (non-hydrogen) atoms. The molecule has 2 amide bonds. The van der Waals surface area contributed by atoms with Crippen LogP contribution in [-0.2, 0) is 20.9 Å². The normalized spacial score (nSPS) is 18.5. The first-order valence-corrected chi connectivity index (χ1v) is 8.79. The first-order chi connectivity index (χ1) is 13.9. The Morgan fingerprint density at radius 1 is 1.52 bits per heavy atom. The Morgan fingerprint density at radius 2 is 2.34 bits per heavy atom. The number of ether oxygens (including phenoxy) is 1. The highest BCUT2D eigenvalue weighted by Crippen LogP contribution is 2.27. The van der Waals surface area contributed by atoms with E-state index in [9.17, 15) is 14.7 Å². The van der Waals surface area contributed by atoms with E-state index in [0.29, 0.717) is 18.8 Å². The zero-order chi connectivity index (χ0) is 20.9. The molecule has 3 rings (SSSR count). The van der Waals surface area contributed by atoms with Crippen molar-refractivity contribution in [2.75, 3.05) is 37.0 Å². The fraction of sp³-hybridized carbons (Fsp3) is 0.412. The van der Waals surface area contributed by atoms with Gasteiger partial charge in [-0.05, 0) is 6.07 Å². The van der Waals surface area contributed by atoms with E-state index >= 15 is 0 Å². The number of methoxy groups -OCH3 is 1. The van der Waals surface area contributed by atoms with Crippen molar-refractivity contribution in [3.8, 4) is 6.07 Å². The van der Waals surface area contributed by atoms with Crippen LogP contribution in [0.25, 0.3) is 0 Å². The molecule has 0 unspecified atom stereocenters. The number of nitrogens with zero attached hydrogens (tertiary/aromatic N) is 6. The number of rotatable bonds is 8. The quantitative estimate of drug-likeness (QED) is 0.481. The van der Waals surface area contributed by atoms with E-state index in [2.05, 4.69) is 25.7 Å². The Bertz CT molecular complexity index is 940. The van der Waals surface area contributed by atoms with Crippen molar-refractivity contribution >= 4 is 29.3 Å². The average molecular weight is 400 g/mol. The SMILES string of the molecule is COCC(=O)NCCn1cc(Nc2nccc(N3CC[C@](O)(C#N)C3=O)n2)cn1. The third-order valence-corrected chi connectivity index (χ3v) is 4.23. The van der Waals surface area contributed by atoms with Gasteiger partial charge in [-0.15, -0.1) is 0 Å². The second-order valence-electron chi connectivity index (χ2n) is 6.32. The highest BCUT2D eigenvalue weighted by atomic mass is 16.5. The maximum absolute atomic E-state index is 12.2. The van der Waals surface area contributed by atoms with Crippen molar-refractivity contribution in [2.45, 2.75) is 18.6 Å². The molecule has 0 bridgehead atoms. The number of carbonyl (C=O) groups excluding carboxylic acids is 2. The molecule has 1 aliphatic heterocycles. The predicted octanol–water partition coefficient (Wildman–Crippen LogP) is -0.829. The lowest BCUT2D eigenvalue weighted by Gasteiger charge is -2.16. The monoisotopic (exact) mass is 400 g/mol. The predicted molar refractivity (Wildman–Crippen MR) is 100.0 cm³/mol. The summed E-state index contributed by atoms with van der Waals surface area (Å²) >= 11 is 0. The fourth-order valence-electron chi connectivity index (χ4n) is 2.76. The van der Waals surface area contributed by atoms with E-state index in [4.69, 9.17) is 10.00 Å². The molecule has 1 saturated heterocycles. The standard InChI is InChI=1S/C17H20N8O4/c1-29-10-14(26)19-5-7-24-9-12(8-21-24)22-16-20-4-2-13(23-16)25-6-3-17(28,11-18)15(25)27/h2,4,8-9,28H,3,5-7,10H2,1H3,(H,19,26)(H,20,22,23)/t17-/m0/s1. The molecule has 1 fully saturated rings. The minimum absolute atomic E-state index is 0.00484. The van der Waals surface area contributed by atoms with Crippen LogP contribution in [-0.4, -0.2) is 69.1 Å². The Labute approximate surface area is 166 Å². The second-order valence-corrected chi connectivity index (χ2v) is 6.32. The van der Waals surface area contributed by atoms with Crippen LogP contribution in [0.15, 0.2) is 24.7 Å². The summed E-state index contributed by atoms with van der Waals surface area (Å²) in [7, 11) is 1.45. The van der Waals surface area contributed by atoms with Crippen LogP contribution in [0.1, 0.15) is 6.42 Å². The summed E-state index contributed by atoms with van der Waals surface area (Å²) < 4.78 is 6.37. The summed E-state index contributed by atoms with van der Waals surface area (Å²) in [5.74, 6) is -0.390. The number of hydrogen-bond donors (Lipinski definition) is 3. The maximum atomic E-state index is 12.2. The molecule has 0 aromatic carbocycles. The molecule has 0 spiro atoms. The lowest BCUT2D eigenvalue weighted by atomic mass is 10.1. The second kappa shape index (κ2) is 8.63. The summed E-state index contributed by atoms with van der Waals surface area (Å²) in [6.07, 6.45) is 4.77. The van der Waals surface area contributed by atoms with Crippen LogP contribution < -0.4 is 15.5 Å². The molecule has 12 nitrogen and oxygen atoms in total. The van der Waals surface area contributed by atoms with Gasteiger partial charge in [0.1, 0.15) is 18.5 Å². The Kier molecular flexibility index (Phi) is 6.01. The van der Waals surface area contributed by atoms with E-state index < -0.39 is 11.5 Å². The molecular formula is C17H20N8O4. The third-order valence-electron chi connectivity index (χ3n) is 4.23. The molecule has 3 N–H and O–H groups in total. The minimum atomic E-state index is -2.02. The first-order valence-electron chi connectivity index (χ1n) is 8.79. The van der Waals surface area contributed by atoms with Crippen molar-refractivity contribution in [3.05, 3.63) is 24.7 Å². The van der Waals surface area contributed by atoms with Crippen molar-refractivity contribution < 1.29 is 19.4 Å². The molecule has 152 valence electrons. The van der Waals surface area contributed by atoms with Gasteiger partial charge in [-0.25, -0.2) is 4.98 Å². The van der Waals surface area contributed by atoms with Gasteiger partial charge in [0.25, 0.3) is 5.91 Å². The third kappa shape index (κ3) is 4.65. The molecule has 3 heterocycles. The molecule has 0 saturated carbocycles. The van der Waals surface area contributed by atoms with Crippen molar-refractivity contribution in [1.29, 1.82) is 5.26 Å². The molecule has 1 aliphatic rings.